The summed E-state index contributed by atoms with van der Waals surface area (Å²) in [6.07, 6.45) is 2.93. The van der Waals surface area contributed by atoms with Crippen molar-refractivity contribution in [1.82, 2.24) is 15.1 Å². The zero-order chi connectivity index (χ0) is 20.4. The number of rotatable bonds is 4. The van der Waals surface area contributed by atoms with Crippen LogP contribution in [0.5, 0.6) is 0 Å². The molecule has 0 radical (unpaired) electrons. The summed E-state index contributed by atoms with van der Waals surface area (Å²) in [6, 6.07) is 14.5. The fourth-order valence-electron chi connectivity index (χ4n) is 2.99. The van der Waals surface area contributed by atoms with Gasteiger partial charge in [-0.3, -0.25) is 4.79 Å². The Balaban J connectivity index is 1.99. The highest BCUT2D eigenvalue weighted by atomic mass is 35.5. The Kier molecular flexibility index (Phi) is 5.05. The van der Waals surface area contributed by atoms with Gasteiger partial charge in [-0.25, -0.2) is 19.3 Å². The molecule has 1 amide bonds. The molecule has 144 valence electrons. The van der Waals surface area contributed by atoms with Crippen molar-refractivity contribution in [2.45, 2.75) is 6.92 Å². The lowest BCUT2D eigenvalue weighted by molar-refractivity contribution is -0.116. The van der Waals surface area contributed by atoms with E-state index in [4.69, 9.17) is 16.1 Å². The minimum atomic E-state index is -0.421. The smallest absolute Gasteiger partial charge is 0.248 e. The van der Waals surface area contributed by atoms with E-state index < -0.39 is 5.82 Å². The van der Waals surface area contributed by atoms with Crippen molar-refractivity contribution < 1.29 is 13.7 Å². The SMILES string of the molecule is CC(=O)N(c1ccccc1Cl)c1onc(-c2cccc(F)c2)c1-c1ccncn1. The van der Waals surface area contributed by atoms with E-state index >= 15 is 0 Å². The van der Waals surface area contributed by atoms with Crippen LogP contribution in [0.4, 0.5) is 16.0 Å². The number of anilines is 2. The first-order valence-electron chi connectivity index (χ1n) is 8.63. The number of hydrogen-bond acceptors (Lipinski definition) is 5. The summed E-state index contributed by atoms with van der Waals surface area (Å²) in [7, 11) is 0. The van der Waals surface area contributed by atoms with Gasteiger partial charge in [0.2, 0.25) is 11.8 Å². The molecule has 0 aliphatic carbocycles. The molecule has 2 aromatic carbocycles. The van der Waals surface area contributed by atoms with Gasteiger partial charge in [0.1, 0.15) is 17.8 Å². The highest BCUT2D eigenvalue weighted by Gasteiger charge is 2.29. The summed E-state index contributed by atoms with van der Waals surface area (Å²) in [4.78, 5) is 22.1. The summed E-state index contributed by atoms with van der Waals surface area (Å²) in [5.74, 6) is -0.630. The second-order valence-corrected chi connectivity index (χ2v) is 6.53. The number of halogens is 2. The molecule has 29 heavy (non-hydrogen) atoms. The van der Waals surface area contributed by atoms with Crippen LogP contribution >= 0.6 is 11.6 Å². The molecular formula is C21H14ClFN4O2. The van der Waals surface area contributed by atoms with Crippen LogP contribution in [0.3, 0.4) is 0 Å². The van der Waals surface area contributed by atoms with Gasteiger partial charge in [-0.1, -0.05) is 41.0 Å². The molecule has 4 rings (SSSR count). The van der Waals surface area contributed by atoms with E-state index in [0.29, 0.717) is 33.2 Å². The topological polar surface area (TPSA) is 72.1 Å². The normalized spacial score (nSPS) is 10.7. The third-order valence-electron chi connectivity index (χ3n) is 4.22. The maximum Gasteiger partial charge on any atom is 0.248 e. The molecule has 0 fully saturated rings. The first kappa shape index (κ1) is 18.8. The highest BCUT2D eigenvalue weighted by molar-refractivity contribution is 6.34. The van der Waals surface area contributed by atoms with Crippen molar-refractivity contribution in [3.63, 3.8) is 0 Å². The second-order valence-electron chi connectivity index (χ2n) is 6.12. The molecule has 6 nitrogen and oxygen atoms in total. The first-order valence-corrected chi connectivity index (χ1v) is 9.01. The Morgan fingerprint density at radius 2 is 1.97 bits per heavy atom. The number of carbonyl (C=O) groups excluding carboxylic acids is 1. The average molecular weight is 409 g/mol. The van der Waals surface area contributed by atoms with E-state index in [1.54, 1.807) is 48.7 Å². The number of carbonyl (C=O) groups is 1. The maximum atomic E-state index is 13.8. The minimum Gasteiger partial charge on any atom is -0.336 e. The number of nitrogens with zero attached hydrogens (tertiary/aromatic N) is 4. The van der Waals surface area contributed by atoms with Crippen molar-refractivity contribution in [3.8, 4) is 22.5 Å². The van der Waals surface area contributed by atoms with Crippen LogP contribution in [0.15, 0.2) is 71.6 Å². The quantitative estimate of drug-likeness (QED) is 0.459. The van der Waals surface area contributed by atoms with Gasteiger partial charge in [-0.2, -0.15) is 0 Å². The third-order valence-corrected chi connectivity index (χ3v) is 4.54. The summed E-state index contributed by atoms with van der Waals surface area (Å²) < 4.78 is 19.4. The van der Waals surface area contributed by atoms with Gasteiger partial charge in [0.05, 0.1) is 22.0 Å². The monoisotopic (exact) mass is 408 g/mol. The molecule has 0 aliphatic rings. The number of hydrogen-bond donors (Lipinski definition) is 0. The number of amides is 1. The molecule has 0 saturated carbocycles. The van der Waals surface area contributed by atoms with E-state index in [1.165, 1.54) is 30.3 Å². The van der Waals surface area contributed by atoms with Crippen molar-refractivity contribution in [1.29, 1.82) is 0 Å². The van der Waals surface area contributed by atoms with Gasteiger partial charge in [-0.15, -0.1) is 0 Å². The fraction of sp³-hybridized carbons (Fsp3) is 0.0476. The molecule has 4 aromatic rings. The van der Waals surface area contributed by atoms with Crippen LogP contribution in [0.1, 0.15) is 6.92 Å². The molecular weight excluding hydrogens is 395 g/mol. The van der Waals surface area contributed by atoms with E-state index in [2.05, 4.69) is 15.1 Å². The Morgan fingerprint density at radius 3 is 2.66 bits per heavy atom. The molecule has 2 aromatic heterocycles. The fourth-order valence-corrected chi connectivity index (χ4v) is 3.21. The van der Waals surface area contributed by atoms with Gasteiger partial charge in [0.25, 0.3) is 0 Å². The van der Waals surface area contributed by atoms with Crippen molar-refractivity contribution in [3.05, 3.63) is 78.0 Å². The zero-order valence-corrected chi connectivity index (χ0v) is 16.0. The summed E-state index contributed by atoms with van der Waals surface area (Å²) in [5.41, 5.74) is 2.15. The van der Waals surface area contributed by atoms with Gasteiger partial charge in [-0.05, 0) is 30.3 Å². The van der Waals surface area contributed by atoms with Gasteiger partial charge < -0.3 is 4.52 Å². The van der Waals surface area contributed by atoms with Crippen molar-refractivity contribution >= 4 is 29.1 Å². The van der Waals surface area contributed by atoms with E-state index in [0.717, 1.165) is 0 Å². The molecule has 0 spiro atoms. The molecule has 0 aliphatic heterocycles. The third kappa shape index (κ3) is 3.60. The first-order chi connectivity index (χ1) is 14.1. The summed E-state index contributed by atoms with van der Waals surface area (Å²) in [5, 5.41) is 4.48. The van der Waals surface area contributed by atoms with Crippen molar-refractivity contribution in [2.24, 2.45) is 0 Å². The summed E-state index contributed by atoms with van der Waals surface area (Å²) >= 11 is 6.32. The molecule has 0 saturated heterocycles. The Labute approximate surface area is 170 Å². The Morgan fingerprint density at radius 1 is 1.14 bits per heavy atom. The zero-order valence-electron chi connectivity index (χ0n) is 15.2. The van der Waals surface area contributed by atoms with Crippen LogP contribution in [0, 0.1) is 5.82 Å². The molecule has 0 atom stereocenters. The van der Waals surface area contributed by atoms with E-state index in [9.17, 15) is 9.18 Å². The Hall–Kier alpha value is -3.58. The predicted octanol–water partition coefficient (Wildman–Crippen LogP) is 5.28. The average Bonchev–Trinajstić information content (AvgIpc) is 3.15. The van der Waals surface area contributed by atoms with Gasteiger partial charge >= 0.3 is 0 Å². The largest absolute Gasteiger partial charge is 0.336 e. The van der Waals surface area contributed by atoms with Crippen LogP contribution in [0.2, 0.25) is 5.02 Å². The molecule has 8 heteroatoms. The van der Waals surface area contributed by atoms with Crippen LogP contribution in [-0.2, 0) is 4.79 Å². The van der Waals surface area contributed by atoms with Gasteiger partial charge in [0.15, 0.2) is 0 Å². The number of benzene rings is 2. The maximum absolute atomic E-state index is 13.8. The standard InChI is InChI=1S/C21H14ClFN4O2/c1-13(28)27(18-8-3-2-7-16(18)22)21-19(17-9-10-24-12-25-17)20(26-29-21)14-5-4-6-15(23)11-14/h2-12H,1H3. The Bertz CT molecular complexity index is 1180. The van der Waals surface area contributed by atoms with Crippen LogP contribution < -0.4 is 4.90 Å². The van der Waals surface area contributed by atoms with Gasteiger partial charge in [0, 0.05) is 18.7 Å². The molecule has 2 heterocycles. The second kappa shape index (κ2) is 7.81. The lowest BCUT2D eigenvalue weighted by atomic mass is 10.0. The predicted molar refractivity (Wildman–Crippen MR) is 107 cm³/mol. The van der Waals surface area contributed by atoms with Crippen LogP contribution in [0.25, 0.3) is 22.5 Å². The lowest BCUT2D eigenvalue weighted by Crippen LogP contribution is -2.23. The number of para-hydroxylation sites is 1. The molecule has 0 bridgehead atoms. The minimum absolute atomic E-state index is 0.128. The van der Waals surface area contributed by atoms with E-state index in [1.807, 2.05) is 0 Å². The van der Waals surface area contributed by atoms with Crippen LogP contribution in [-0.4, -0.2) is 21.0 Å². The molecule has 0 N–H and O–H groups in total. The molecule has 0 unspecified atom stereocenters. The van der Waals surface area contributed by atoms with Crippen molar-refractivity contribution in [2.75, 3.05) is 4.90 Å². The lowest BCUT2D eigenvalue weighted by Gasteiger charge is -2.20. The number of aromatic nitrogens is 3. The highest BCUT2D eigenvalue weighted by Crippen LogP contribution is 2.42. The van der Waals surface area contributed by atoms with E-state index in [-0.39, 0.29) is 11.8 Å². The summed E-state index contributed by atoms with van der Waals surface area (Å²) in [6.45, 7) is 1.39.